The Morgan fingerprint density at radius 3 is 2.84 bits per heavy atom. The van der Waals surface area contributed by atoms with Gasteiger partial charge in [-0.15, -0.1) is 0 Å². The van der Waals surface area contributed by atoms with Crippen molar-refractivity contribution in [3.05, 3.63) is 35.9 Å². The van der Waals surface area contributed by atoms with Gasteiger partial charge < -0.3 is 14.6 Å². The molecule has 0 aliphatic carbocycles. The van der Waals surface area contributed by atoms with Gasteiger partial charge in [0, 0.05) is 24.3 Å². The number of hydrogen-bond acceptors (Lipinski definition) is 4. The third kappa shape index (κ3) is 2.85. The van der Waals surface area contributed by atoms with Crippen molar-refractivity contribution >= 4 is 10.9 Å². The topological polar surface area (TPSA) is 51.6 Å². The zero-order valence-corrected chi connectivity index (χ0v) is 10.7. The number of ether oxygens (including phenoxy) is 2. The van der Waals surface area contributed by atoms with Crippen molar-refractivity contribution in [3.8, 4) is 5.88 Å². The van der Waals surface area contributed by atoms with Crippen molar-refractivity contribution in [2.24, 2.45) is 0 Å². The smallest absolute Gasteiger partial charge is 0.214 e. The SMILES string of the molecule is OCc1ccc2nc(OC3CCOCC3)ccc2c1. The van der Waals surface area contributed by atoms with E-state index >= 15 is 0 Å². The van der Waals surface area contributed by atoms with Gasteiger partial charge >= 0.3 is 0 Å². The predicted molar refractivity (Wildman–Crippen MR) is 72.1 cm³/mol. The Labute approximate surface area is 112 Å². The first-order chi connectivity index (χ1) is 9.35. The van der Waals surface area contributed by atoms with Crippen LogP contribution in [0.5, 0.6) is 5.88 Å². The minimum absolute atomic E-state index is 0.0519. The van der Waals surface area contributed by atoms with E-state index in [-0.39, 0.29) is 12.7 Å². The second-order valence-corrected chi connectivity index (χ2v) is 4.76. The first-order valence-electron chi connectivity index (χ1n) is 6.60. The van der Waals surface area contributed by atoms with Gasteiger partial charge in [0.15, 0.2) is 0 Å². The fourth-order valence-corrected chi connectivity index (χ4v) is 2.28. The first kappa shape index (κ1) is 12.4. The van der Waals surface area contributed by atoms with E-state index in [9.17, 15) is 0 Å². The molecule has 0 atom stereocenters. The highest BCUT2D eigenvalue weighted by molar-refractivity contribution is 5.79. The van der Waals surface area contributed by atoms with Gasteiger partial charge in [0.1, 0.15) is 6.10 Å². The summed E-state index contributed by atoms with van der Waals surface area (Å²) in [4.78, 5) is 4.50. The number of aromatic nitrogens is 1. The van der Waals surface area contributed by atoms with E-state index in [1.807, 2.05) is 30.3 Å². The van der Waals surface area contributed by atoms with Crippen LogP contribution in [0.1, 0.15) is 18.4 Å². The lowest BCUT2D eigenvalue weighted by atomic mass is 10.1. The lowest BCUT2D eigenvalue weighted by molar-refractivity contribution is 0.0239. The maximum atomic E-state index is 9.11. The van der Waals surface area contributed by atoms with Gasteiger partial charge in [-0.25, -0.2) is 4.98 Å². The number of aliphatic hydroxyl groups is 1. The van der Waals surface area contributed by atoms with Crippen LogP contribution in [0.4, 0.5) is 0 Å². The molecule has 3 rings (SSSR count). The molecule has 19 heavy (non-hydrogen) atoms. The molecular weight excluding hydrogens is 242 g/mol. The fourth-order valence-electron chi connectivity index (χ4n) is 2.28. The van der Waals surface area contributed by atoms with Gasteiger partial charge in [0.25, 0.3) is 0 Å². The van der Waals surface area contributed by atoms with E-state index in [0.717, 1.165) is 42.5 Å². The molecule has 0 amide bonds. The zero-order valence-electron chi connectivity index (χ0n) is 10.7. The molecule has 0 bridgehead atoms. The normalized spacial score (nSPS) is 16.7. The summed E-state index contributed by atoms with van der Waals surface area (Å²) in [7, 11) is 0. The number of benzene rings is 1. The number of aliphatic hydroxyl groups excluding tert-OH is 1. The summed E-state index contributed by atoms with van der Waals surface area (Å²) >= 11 is 0. The van der Waals surface area contributed by atoms with E-state index in [2.05, 4.69) is 4.98 Å². The maximum absolute atomic E-state index is 9.11. The Kier molecular flexibility index (Phi) is 3.62. The van der Waals surface area contributed by atoms with Crippen LogP contribution in [0.15, 0.2) is 30.3 Å². The molecule has 1 aromatic carbocycles. The van der Waals surface area contributed by atoms with Crippen molar-refractivity contribution < 1.29 is 14.6 Å². The molecule has 1 aromatic heterocycles. The second kappa shape index (κ2) is 5.55. The second-order valence-electron chi connectivity index (χ2n) is 4.76. The van der Waals surface area contributed by atoms with Crippen molar-refractivity contribution in [2.75, 3.05) is 13.2 Å². The van der Waals surface area contributed by atoms with Gasteiger partial charge in [-0.2, -0.15) is 0 Å². The van der Waals surface area contributed by atoms with Crippen molar-refractivity contribution in [2.45, 2.75) is 25.6 Å². The average Bonchev–Trinajstić information content (AvgIpc) is 2.48. The predicted octanol–water partition coefficient (Wildman–Crippen LogP) is 2.28. The summed E-state index contributed by atoms with van der Waals surface area (Å²) in [6, 6.07) is 9.61. The molecule has 2 aromatic rings. The van der Waals surface area contributed by atoms with Gasteiger partial charge in [-0.1, -0.05) is 6.07 Å². The molecule has 4 nitrogen and oxygen atoms in total. The van der Waals surface area contributed by atoms with Crippen molar-refractivity contribution in [1.82, 2.24) is 4.98 Å². The largest absolute Gasteiger partial charge is 0.474 e. The zero-order chi connectivity index (χ0) is 13.1. The van der Waals surface area contributed by atoms with Crippen LogP contribution in [-0.2, 0) is 11.3 Å². The molecule has 0 radical (unpaired) electrons. The molecule has 1 N–H and O–H groups in total. The lowest BCUT2D eigenvalue weighted by Gasteiger charge is -2.22. The average molecular weight is 259 g/mol. The van der Waals surface area contributed by atoms with E-state index in [1.54, 1.807) is 0 Å². The fraction of sp³-hybridized carbons (Fsp3) is 0.400. The van der Waals surface area contributed by atoms with E-state index < -0.39 is 0 Å². The van der Waals surface area contributed by atoms with Crippen LogP contribution in [0.25, 0.3) is 10.9 Å². The monoisotopic (exact) mass is 259 g/mol. The van der Waals surface area contributed by atoms with Crippen LogP contribution in [0.3, 0.4) is 0 Å². The summed E-state index contributed by atoms with van der Waals surface area (Å²) in [6.07, 6.45) is 2.04. The Balaban J connectivity index is 1.80. The molecule has 0 spiro atoms. The molecule has 0 saturated carbocycles. The number of fused-ring (bicyclic) bond motifs is 1. The summed E-state index contributed by atoms with van der Waals surface area (Å²) in [5.74, 6) is 0.663. The Morgan fingerprint density at radius 2 is 2.05 bits per heavy atom. The minimum atomic E-state index is 0.0519. The standard InChI is InChI=1S/C15H17NO3/c17-10-11-1-3-14-12(9-11)2-4-15(16-14)19-13-5-7-18-8-6-13/h1-4,9,13,17H,5-8,10H2. The van der Waals surface area contributed by atoms with Crippen LogP contribution in [0.2, 0.25) is 0 Å². The number of pyridine rings is 1. The summed E-state index contributed by atoms with van der Waals surface area (Å²) in [6.45, 7) is 1.58. The van der Waals surface area contributed by atoms with Gasteiger partial charge in [-0.3, -0.25) is 0 Å². The quantitative estimate of drug-likeness (QED) is 0.918. The Morgan fingerprint density at radius 1 is 1.21 bits per heavy atom. The molecule has 1 aliphatic heterocycles. The Hall–Kier alpha value is -1.65. The number of rotatable bonds is 3. The molecular formula is C15H17NO3. The maximum Gasteiger partial charge on any atom is 0.214 e. The lowest BCUT2D eigenvalue weighted by Crippen LogP contribution is -2.26. The molecule has 1 fully saturated rings. The summed E-state index contributed by atoms with van der Waals surface area (Å²) < 4.78 is 11.2. The van der Waals surface area contributed by atoms with Crippen molar-refractivity contribution in [3.63, 3.8) is 0 Å². The highest BCUT2D eigenvalue weighted by Gasteiger charge is 2.15. The molecule has 1 aliphatic rings. The number of nitrogens with zero attached hydrogens (tertiary/aromatic N) is 1. The van der Waals surface area contributed by atoms with Crippen molar-refractivity contribution in [1.29, 1.82) is 0 Å². The summed E-state index contributed by atoms with van der Waals surface area (Å²) in [5.41, 5.74) is 1.79. The molecule has 1 saturated heterocycles. The van der Waals surface area contributed by atoms with Gasteiger partial charge in [0.2, 0.25) is 5.88 Å². The van der Waals surface area contributed by atoms with Crippen LogP contribution in [-0.4, -0.2) is 29.4 Å². The summed E-state index contributed by atoms with van der Waals surface area (Å²) in [5, 5.41) is 10.1. The Bertz CT molecular complexity index is 564. The van der Waals surface area contributed by atoms with E-state index in [0.29, 0.717) is 5.88 Å². The van der Waals surface area contributed by atoms with Crippen LogP contribution < -0.4 is 4.74 Å². The third-order valence-corrected chi connectivity index (χ3v) is 3.37. The van der Waals surface area contributed by atoms with Gasteiger partial charge in [0.05, 0.1) is 25.3 Å². The first-order valence-corrected chi connectivity index (χ1v) is 6.60. The molecule has 100 valence electrons. The van der Waals surface area contributed by atoms with E-state index in [1.165, 1.54) is 0 Å². The minimum Gasteiger partial charge on any atom is -0.474 e. The molecule has 4 heteroatoms. The third-order valence-electron chi connectivity index (χ3n) is 3.37. The van der Waals surface area contributed by atoms with Gasteiger partial charge in [-0.05, 0) is 23.8 Å². The van der Waals surface area contributed by atoms with E-state index in [4.69, 9.17) is 14.6 Å². The molecule has 0 unspecified atom stereocenters. The van der Waals surface area contributed by atoms with Crippen LogP contribution in [0, 0.1) is 0 Å². The molecule has 2 heterocycles. The van der Waals surface area contributed by atoms with Crippen LogP contribution >= 0.6 is 0 Å². The highest BCUT2D eigenvalue weighted by Crippen LogP contribution is 2.21. The highest BCUT2D eigenvalue weighted by atomic mass is 16.5. The number of hydrogen-bond donors (Lipinski definition) is 1.